The first-order valence-corrected chi connectivity index (χ1v) is 6.00. The molecule has 0 aliphatic heterocycles. The highest BCUT2D eigenvalue weighted by Gasteiger charge is 2.06. The van der Waals surface area contributed by atoms with Crippen molar-refractivity contribution < 1.29 is 0 Å². The van der Waals surface area contributed by atoms with Gasteiger partial charge in [0.25, 0.3) is 0 Å². The summed E-state index contributed by atoms with van der Waals surface area (Å²) in [4.78, 5) is 0. The van der Waals surface area contributed by atoms with E-state index in [-0.39, 0.29) is 6.04 Å². The fourth-order valence-corrected chi connectivity index (χ4v) is 1.84. The minimum Gasteiger partial charge on any atom is -0.303 e. The van der Waals surface area contributed by atoms with Gasteiger partial charge in [-0.15, -0.1) is 6.42 Å². The predicted molar refractivity (Wildman–Crippen MR) is 68.8 cm³/mol. The second-order valence-electron chi connectivity index (χ2n) is 3.47. The molecule has 0 spiro atoms. The first-order valence-electron chi connectivity index (χ1n) is 5.20. The monoisotopic (exact) mass is 265 g/mol. The van der Waals surface area contributed by atoms with Crippen molar-refractivity contribution in [3.05, 3.63) is 34.3 Å². The molecule has 0 saturated carbocycles. The Bertz CT molecular complexity index is 341. The number of terminal acetylenes is 1. The third-order valence-electron chi connectivity index (χ3n) is 2.22. The summed E-state index contributed by atoms with van der Waals surface area (Å²) in [6.07, 6.45) is 7.46. The minimum atomic E-state index is 0.128. The lowest BCUT2D eigenvalue weighted by Gasteiger charge is -2.13. The lowest BCUT2D eigenvalue weighted by molar-refractivity contribution is 0.597. The van der Waals surface area contributed by atoms with Gasteiger partial charge in [0.05, 0.1) is 6.04 Å². The standard InChI is InChI=1S/C13H16BrN/c1-3-9-15-12(4-2)10-11-7-5-6-8-13(11)14/h2,5-8,12,15H,3,9-10H2,1H3. The highest BCUT2D eigenvalue weighted by atomic mass is 79.9. The molecule has 1 unspecified atom stereocenters. The predicted octanol–water partition coefficient (Wildman–Crippen LogP) is 2.99. The fourth-order valence-electron chi connectivity index (χ4n) is 1.39. The van der Waals surface area contributed by atoms with Crippen molar-refractivity contribution in [2.45, 2.75) is 25.8 Å². The third kappa shape index (κ3) is 4.07. The molecule has 0 aliphatic rings. The Balaban J connectivity index is 2.60. The summed E-state index contributed by atoms with van der Waals surface area (Å²) in [5.41, 5.74) is 1.25. The molecule has 0 aromatic heterocycles. The molecule has 0 saturated heterocycles. The Morgan fingerprint density at radius 1 is 1.47 bits per heavy atom. The molecule has 1 N–H and O–H groups in total. The van der Waals surface area contributed by atoms with E-state index in [1.54, 1.807) is 0 Å². The largest absolute Gasteiger partial charge is 0.303 e. The van der Waals surface area contributed by atoms with Crippen LogP contribution >= 0.6 is 15.9 Å². The first kappa shape index (κ1) is 12.3. The molecule has 15 heavy (non-hydrogen) atoms. The molecule has 0 heterocycles. The lowest BCUT2D eigenvalue weighted by atomic mass is 10.1. The van der Waals surface area contributed by atoms with Crippen molar-refractivity contribution in [2.24, 2.45) is 0 Å². The Morgan fingerprint density at radius 2 is 2.20 bits per heavy atom. The zero-order chi connectivity index (χ0) is 11.1. The van der Waals surface area contributed by atoms with Crippen molar-refractivity contribution in [2.75, 3.05) is 6.54 Å². The Kier molecular flexibility index (Phi) is 5.45. The number of nitrogens with one attached hydrogen (secondary N) is 1. The van der Waals surface area contributed by atoms with Crippen LogP contribution < -0.4 is 5.32 Å². The van der Waals surface area contributed by atoms with Crippen LogP contribution in [0.3, 0.4) is 0 Å². The topological polar surface area (TPSA) is 12.0 Å². The molecule has 0 radical (unpaired) electrons. The van der Waals surface area contributed by atoms with E-state index in [1.165, 1.54) is 5.56 Å². The molecule has 0 bridgehead atoms. The maximum absolute atomic E-state index is 5.48. The molecule has 0 aliphatic carbocycles. The first-order chi connectivity index (χ1) is 7.27. The van der Waals surface area contributed by atoms with E-state index >= 15 is 0 Å². The summed E-state index contributed by atoms with van der Waals surface area (Å²) in [5.74, 6) is 2.78. The summed E-state index contributed by atoms with van der Waals surface area (Å²) in [5, 5.41) is 3.34. The van der Waals surface area contributed by atoms with Crippen LogP contribution in [0.2, 0.25) is 0 Å². The van der Waals surface area contributed by atoms with Gasteiger partial charge in [-0.1, -0.05) is 47.0 Å². The van der Waals surface area contributed by atoms with E-state index in [0.717, 1.165) is 23.9 Å². The smallest absolute Gasteiger partial charge is 0.0728 e. The number of hydrogen-bond donors (Lipinski definition) is 1. The summed E-state index contributed by atoms with van der Waals surface area (Å²) in [7, 11) is 0. The number of rotatable bonds is 5. The highest BCUT2D eigenvalue weighted by Crippen LogP contribution is 2.17. The second-order valence-corrected chi connectivity index (χ2v) is 4.32. The van der Waals surface area contributed by atoms with Crippen molar-refractivity contribution in [1.82, 2.24) is 5.32 Å². The number of benzene rings is 1. The maximum Gasteiger partial charge on any atom is 0.0728 e. The fraction of sp³-hybridized carbons (Fsp3) is 0.385. The van der Waals surface area contributed by atoms with Gasteiger partial charge in [0, 0.05) is 10.9 Å². The Hall–Kier alpha value is -0.780. The number of halogens is 1. The average Bonchev–Trinajstić information content (AvgIpc) is 2.26. The zero-order valence-electron chi connectivity index (χ0n) is 8.96. The van der Waals surface area contributed by atoms with Gasteiger partial charge in [-0.25, -0.2) is 0 Å². The van der Waals surface area contributed by atoms with Gasteiger partial charge < -0.3 is 5.32 Å². The lowest BCUT2D eigenvalue weighted by Crippen LogP contribution is -2.30. The summed E-state index contributed by atoms with van der Waals surface area (Å²) < 4.78 is 1.13. The van der Waals surface area contributed by atoms with E-state index in [0.29, 0.717) is 0 Å². The minimum absolute atomic E-state index is 0.128. The van der Waals surface area contributed by atoms with Crippen molar-refractivity contribution in [3.63, 3.8) is 0 Å². The molecule has 2 heteroatoms. The van der Waals surface area contributed by atoms with E-state index in [4.69, 9.17) is 6.42 Å². The van der Waals surface area contributed by atoms with E-state index < -0.39 is 0 Å². The van der Waals surface area contributed by atoms with Gasteiger partial charge in [-0.05, 0) is 24.6 Å². The van der Waals surface area contributed by atoms with Crippen LogP contribution in [0.5, 0.6) is 0 Å². The van der Waals surface area contributed by atoms with Crippen LogP contribution in [0, 0.1) is 12.3 Å². The van der Waals surface area contributed by atoms with Gasteiger partial charge in [0.2, 0.25) is 0 Å². The number of hydrogen-bond acceptors (Lipinski definition) is 1. The van der Waals surface area contributed by atoms with E-state index in [2.05, 4.69) is 40.2 Å². The molecular formula is C13H16BrN. The van der Waals surface area contributed by atoms with Gasteiger partial charge >= 0.3 is 0 Å². The molecule has 1 atom stereocenters. The van der Waals surface area contributed by atoms with Crippen LogP contribution in [0.25, 0.3) is 0 Å². The Morgan fingerprint density at radius 3 is 2.80 bits per heavy atom. The van der Waals surface area contributed by atoms with Crippen molar-refractivity contribution in [1.29, 1.82) is 0 Å². The summed E-state index contributed by atoms with van der Waals surface area (Å²) in [6, 6.07) is 8.32. The van der Waals surface area contributed by atoms with Gasteiger partial charge in [0.15, 0.2) is 0 Å². The van der Waals surface area contributed by atoms with E-state index in [9.17, 15) is 0 Å². The zero-order valence-corrected chi connectivity index (χ0v) is 10.5. The second kappa shape index (κ2) is 6.66. The summed E-state index contributed by atoms with van der Waals surface area (Å²) in [6.45, 7) is 3.11. The van der Waals surface area contributed by atoms with E-state index in [1.807, 2.05) is 18.2 Å². The molecule has 1 aromatic carbocycles. The molecule has 1 aromatic rings. The van der Waals surface area contributed by atoms with Crippen LogP contribution in [0.15, 0.2) is 28.7 Å². The summed E-state index contributed by atoms with van der Waals surface area (Å²) >= 11 is 3.53. The highest BCUT2D eigenvalue weighted by molar-refractivity contribution is 9.10. The average molecular weight is 266 g/mol. The normalized spacial score (nSPS) is 12.1. The van der Waals surface area contributed by atoms with Crippen LogP contribution in [-0.4, -0.2) is 12.6 Å². The van der Waals surface area contributed by atoms with Crippen molar-refractivity contribution in [3.8, 4) is 12.3 Å². The van der Waals surface area contributed by atoms with Crippen LogP contribution in [0.4, 0.5) is 0 Å². The van der Waals surface area contributed by atoms with Gasteiger partial charge in [-0.2, -0.15) is 0 Å². The Labute approximate surface area is 100 Å². The van der Waals surface area contributed by atoms with Crippen LogP contribution in [0.1, 0.15) is 18.9 Å². The van der Waals surface area contributed by atoms with Crippen LogP contribution in [-0.2, 0) is 6.42 Å². The van der Waals surface area contributed by atoms with Gasteiger partial charge in [0.1, 0.15) is 0 Å². The SMILES string of the molecule is C#CC(Cc1ccccc1Br)NCCC. The molecule has 0 fully saturated rings. The molecule has 80 valence electrons. The van der Waals surface area contributed by atoms with Gasteiger partial charge in [-0.3, -0.25) is 0 Å². The maximum atomic E-state index is 5.48. The quantitative estimate of drug-likeness (QED) is 0.808. The molecule has 0 amide bonds. The third-order valence-corrected chi connectivity index (χ3v) is 3.00. The molecule has 1 rings (SSSR count). The van der Waals surface area contributed by atoms with Crippen molar-refractivity contribution >= 4 is 15.9 Å². The molecular weight excluding hydrogens is 250 g/mol. The molecule has 1 nitrogen and oxygen atoms in total.